The first-order chi connectivity index (χ1) is 10.8. The van der Waals surface area contributed by atoms with Crippen molar-refractivity contribution in [3.05, 3.63) is 67.9 Å². The molecule has 0 fully saturated rings. The molecule has 0 unspecified atom stereocenters. The van der Waals surface area contributed by atoms with Crippen LogP contribution in [0.1, 0.15) is 0 Å². The fourth-order valence-corrected chi connectivity index (χ4v) is 1.97. The summed E-state index contributed by atoms with van der Waals surface area (Å²) in [5, 5.41) is 18.3. The molecule has 22 heavy (non-hydrogen) atoms. The molecule has 0 aliphatic heterocycles. The minimum absolute atomic E-state index is 0.0651. The summed E-state index contributed by atoms with van der Waals surface area (Å²) < 4.78 is 0. The van der Waals surface area contributed by atoms with Gasteiger partial charge in [-0.15, -0.1) is 23.4 Å². The van der Waals surface area contributed by atoms with Crippen LogP contribution in [-0.4, -0.2) is 23.2 Å². The highest BCUT2D eigenvalue weighted by Gasteiger charge is 2.12. The summed E-state index contributed by atoms with van der Waals surface area (Å²) in [5.74, 6) is 0.547. The zero-order valence-corrected chi connectivity index (χ0v) is 12.3. The zero-order valence-electron chi connectivity index (χ0n) is 12.3. The number of aromatic nitrogens is 1. The van der Waals surface area contributed by atoms with E-state index in [1.807, 2.05) is 17.0 Å². The lowest BCUT2D eigenvalue weighted by molar-refractivity contribution is 0.476. The van der Waals surface area contributed by atoms with Gasteiger partial charge < -0.3 is 10.0 Å². The number of benzene rings is 1. The lowest BCUT2D eigenvalue weighted by Gasteiger charge is -2.23. The predicted molar refractivity (Wildman–Crippen MR) is 89.1 cm³/mol. The maximum absolute atomic E-state index is 10.1. The topological polar surface area (TPSA) is 61.1 Å². The summed E-state index contributed by atoms with van der Waals surface area (Å²) in [4.78, 5) is 6.08. The Morgan fingerprint density at radius 1 is 1.05 bits per heavy atom. The number of phenolic OH excluding ortho intramolecular Hbond substituents is 1. The molecule has 0 spiro atoms. The lowest BCUT2D eigenvalue weighted by atomic mass is 10.2. The van der Waals surface area contributed by atoms with E-state index < -0.39 is 0 Å². The summed E-state index contributed by atoms with van der Waals surface area (Å²) in [6, 6.07) is 10.6. The smallest absolute Gasteiger partial charge is 0.174 e. The third-order valence-corrected chi connectivity index (χ3v) is 2.93. The van der Waals surface area contributed by atoms with E-state index >= 15 is 0 Å². The molecule has 2 aromatic rings. The molecular weight excluding hydrogens is 276 g/mol. The minimum Gasteiger partial charge on any atom is -0.506 e. The van der Waals surface area contributed by atoms with Crippen LogP contribution in [0, 0.1) is 0 Å². The summed E-state index contributed by atoms with van der Waals surface area (Å²) in [5.41, 5.74) is 1.16. The fraction of sp³-hybridized carbons (Fsp3) is 0.118. The first-order valence-corrected chi connectivity index (χ1v) is 6.87. The Kier molecular flexibility index (Phi) is 5.43. The highest BCUT2D eigenvalue weighted by molar-refractivity contribution is 5.73. The second kappa shape index (κ2) is 7.73. The standard InChI is InChI=1S/C17H18N4O/c1-3-12-21(13-4-2)14-8-7-9-15(22)17(14)20-19-16-10-5-6-11-18-16/h3-11,22H,1-2,12-13H2. The van der Waals surface area contributed by atoms with E-state index in [2.05, 4.69) is 28.4 Å². The predicted octanol–water partition coefficient (Wildman–Crippen LogP) is 4.38. The van der Waals surface area contributed by atoms with Gasteiger partial charge in [0.15, 0.2) is 11.5 Å². The molecule has 0 aliphatic rings. The van der Waals surface area contributed by atoms with Crippen LogP contribution >= 0.6 is 0 Å². The van der Waals surface area contributed by atoms with Gasteiger partial charge in [0, 0.05) is 19.3 Å². The second-order valence-corrected chi connectivity index (χ2v) is 4.52. The Hall–Kier alpha value is -2.95. The van der Waals surface area contributed by atoms with E-state index in [-0.39, 0.29) is 5.75 Å². The molecule has 0 atom stereocenters. The Morgan fingerprint density at radius 2 is 1.82 bits per heavy atom. The average molecular weight is 294 g/mol. The van der Waals surface area contributed by atoms with Gasteiger partial charge in [0.05, 0.1) is 5.69 Å². The van der Waals surface area contributed by atoms with E-state index in [9.17, 15) is 5.11 Å². The zero-order chi connectivity index (χ0) is 15.8. The van der Waals surface area contributed by atoms with Crippen molar-refractivity contribution in [3.63, 3.8) is 0 Å². The van der Waals surface area contributed by atoms with Crippen molar-refractivity contribution in [1.82, 2.24) is 4.98 Å². The third-order valence-electron chi connectivity index (χ3n) is 2.93. The summed E-state index contributed by atoms with van der Waals surface area (Å²) in [6.45, 7) is 8.73. The van der Waals surface area contributed by atoms with Crippen molar-refractivity contribution in [2.75, 3.05) is 18.0 Å². The molecular formula is C17H18N4O. The van der Waals surface area contributed by atoms with Crippen molar-refractivity contribution >= 4 is 17.2 Å². The maximum Gasteiger partial charge on any atom is 0.174 e. The molecule has 112 valence electrons. The molecule has 2 rings (SSSR count). The Morgan fingerprint density at radius 3 is 2.45 bits per heavy atom. The van der Waals surface area contributed by atoms with E-state index in [0.29, 0.717) is 24.6 Å². The third kappa shape index (κ3) is 3.79. The molecule has 1 aromatic heterocycles. The highest BCUT2D eigenvalue weighted by atomic mass is 16.3. The molecule has 5 nitrogen and oxygen atoms in total. The molecule has 0 aliphatic carbocycles. The number of pyridine rings is 1. The molecule has 5 heteroatoms. The van der Waals surface area contributed by atoms with Crippen LogP contribution in [0.4, 0.5) is 17.2 Å². The van der Waals surface area contributed by atoms with Crippen LogP contribution in [0.15, 0.2) is 78.1 Å². The molecule has 0 radical (unpaired) electrons. The van der Waals surface area contributed by atoms with Crippen LogP contribution in [0.2, 0.25) is 0 Å². The highest BCUT2D eigenvalue weighted by Crippen LogP contribution is 2.37. The number of aromatic hydroxyl groups is 1. The van der Waals surface area contributed by atoms with Gasteiger partial charge in [0.25, 0.3) is 0 Å². The fourth-order valence-electron chi connectivity index (χ4n) is 1.97. The van der Waals surface area contributed by atoms with Crippen LogP contribution in [0.5, 0.6) is 5.75 Å². The SMILES string of the molecule is C=CCN(CC=C)c1cccc(O)c1N=Nc1ccccn1. The normalized spacial score (nSPS) is 10.5. The van der Waals surface area contributed by atoms with Gasteiger partial charge >= 0.3 is 0 Å². The van der Waals surface area contributed by atoms with Gasteiger partial charge in [-0.1, -0.05) is 24.3 Å². The second-order valence-electron chi connectivity index (χ2n) is 4.52. The number of azo groups is 1. The van der Waals surface area contributed by atoms with Crippen LogP contribution in [0.25, 0.3) is 0 Å². The number of rotatable bonds is 7. The first-order valence-electron chi connectivity index (χ1n) is 6.87. The molecule has 0 amide bonds. The Bertz CT molecular complexity index is 658. The molecule has 0 saturated carbocycles. The molecule has 1 N–H and O–H groups in total. The quantitative estimate of drug-likeness (QED) is 0.609. The van der Waals surface area contributed by atoms with Gasteiger partial charge in [-0.05, 0) is 24.3 Å². The van der Waals surface area contributed by atoms with E-state index in [1.54, 1.807) is 42.6 Å². The molecule has 1 heterocycles. The van der Waals surface area contributed by atoms with E-state index in [0.717, 1.165) is 5.69 Å². The monoisotopic (exact) mass is 294 g/mol. The van der Waals surface area contributed by atoms with Crippen LogP contribution in [-0.2, 0) is 0 Å². The maximum atomic E-state index is 10.1. The van der Waals surface area contributed by atoms with Gasteiger partial charge in [-0.2, -0.15) is 0 Å². The molecule has 0 bridgehead atoms. The van der Waals surface area contributed by atoms with Gasteiger partial charge in [-0.3, -0.25) is 0 Å². The Balaban J connectivity index is 2.39. The van der Waals surface area contributed by atoms with Crippen molar-refractivity contribution in [1.29, 1.82) is 0 Å². The van der Waals surface area contributed by atoms with Crippen molar-refractivity contribution < 1.29 is 5.11 Å². The summed E-state index contributed by atoms with van der Waals surface area (Å²) in [6.07, 6.45) is 5.21. The van der Waals surface area contributed by atoms with E-state index in [4.69, 9.17) is 0 Å². The van der Waals surface area contributed by atoms with Crippen molar-refractivity contribution in [2.45, 2.75) is 0 Å². The van der Waals surface area contributed by atoms with Crippen LogP contribution < -0.4 is 4.90 Å². The van der Waals surface area contributed by atoms with E-state index in [1.165, 1.54) is 0 Å². The number of phenols is 1. The summed E-state index contributed by atoms with van der Waals surface area (Å²) >= 11 is 0. The number of hydrogen-bond donors (Lipinski definition) is 1. The molecule has 1 aromatic carbocycles. The Labute approximate surface area is 130 Å². The van der Waals surface area contributed by atoms with Gasteiger partial charge in [-0.25, -0.2) is 4.98 Å². The molecule has 0 saturated heterocycles. The first kappa shape index (κ1) is 15.4. The largest absolute Gasteiger partial charge is 0.506 e. The van der Waals surface area contributed by atoms with Crippen molar-refractivity contribution in [2.24, 2.45) is 10.2 Å². The lowest BCUT2D eigenvalue weighted by Crippen LogP contribution is -2.23. The number of nitrogens with zero attached hydrogens (tertiary/aromatic N) is 4. The van der Waals surface area contributed by atoms with Gasteiger partial charge in [0.2, 0.25) is 0 Å². The number of hydrogen-bond acceptors (Lipinski definition) is 5. The van der Waals surface area contributed by atoms with Crippen molar-refractivity contribution in [3.8, 4) is 5.75 Å². The average Bonchev–Trinajstić information content (AvgIpc) is 2.54. The number of anilines is 1. The minimum atomic E-state index is 0.0651. The van der Waals surface area contributed by atoms with Gasteiger partial charge in [0.1, 0.15) is 5.75 Å². The summed E-state index contributed by atoms with van der Waals surface area (Å²) in [7, 11) is 0. The van der Waals surface area contributed by atoms with Crippen LogP contribution in [0.3, 0.4) is 0 Å².